The molecule has 1 aromatic carbocycles. The number of pyridine rings is 1. The molecule has 0 bridgehead atoms. The van der Waals surface area contributed by atoms with Crippen molar-refractivity contribution in [1.82, 2.24) is 4.98 Å². The van der Waals surface area contributed by atoms with Gasteiger partial charge in [-0.15, -0.1) is 0 Å². The van der Waals surface area contributed by atoms with Gasteiger partial charge in [0.15, 0.2) is 0 Å². The third kappa shape index (κ3) is 3.16. The Balaban J connectivity index is 1.99. The number of halogens is 3. The zero-order valence-electron chi connectivity index (χ0n) is 12.0. The van der Waals surface area contributed by atoms with E-state index in [1.807, 2.05) is 0 Å². The molecule has 3 rings (SSSR count). The second-order valence-corrected chi connectivity index (χ2v) is 5.84. The zero-order valence-corrected chi connectivity index (χ0v) is 12.0. The fourth-order valence-electron chi connectivity index (χ4n) is 3.02. The van der Waals surface area contributed by atoms with Gasteiger partial charge in [-0.2, -0.15) is 13.2 Å². The summed E-state index contributed by atoms with van der Waals surface area (Å²) in [7, 11) is 0. The lowest BCUT2D eigenvalue weighted by atomic mass is 9.91. The summed E-state index contributed by atoms with van der Waals surface area (Å²) in [5.41, 5.74) is 5.92. The van der Waals surface area contributed by atoms with Crippen LogP contribution >= 0.6 is 0 Å². The summed E-state index contributed by atoms with van der Waals surface area (Å²) in [6.07, 6.45) is -0.788. The normalized spacial score (nSPS) is 22.7. The molecule has 1 fully saturated rings. The number of benzene rings is 1. The molecule has 0 aliphatic heterocycles. The van der Waals surface area contributed by atoms with Gasteiger partial charge in [-0.05, 0) is 37.8 Å². The predicted molar refractivity (Wildman–Crippen MR) is 80.6 cm³/mol. The van der Waals surface area contributed by atoms with Gasteiger partial charge >= 0.3 is 6.18 Å². The van der Waals surface area contributed by atoms with Crippen LogP contribution in [0.3, 0.4) is 0 Å². The minimum atomic E-state index is -4.45. The van der Waals surface area contributed by atoms with E-state index in [1.165, 1.54) is 0 Å². The number of hydrogen-bond donors (Lipinski definition) is 2. The highest BCUT2D eigenvalue weighted by atomic mass is 19.4. The number of para-hydroxylation sites is 1. The molecular formula is C16H18F3N3. The van der Waals surface area contributed by atoms with E-state index >= 15 is 0 Å². The standard InChI is InChI=1S/C16H18F3N3/c17-16(18,19)15-9-14(12-6-1-2-7-13(12)22-15)21-11-5-3-4-10(20)8-11/h1-2,6-7,9-11H,3-5,8,20H2,(H,21,22)/t10-,11+/m1/s1. The number of nitrogens with zero attached hydrogens (tertiary/aromatic N) is 1. The number of nitrogens with two attached hydrogens (primary N) is 1. The molecule has 6 heteroatoms. The smallest absolute Gasteiger partial charge is 0.382 e. The van der Waals surface area contributed by atoms with Gasteiger partial charge < -0.3 is 11.1 Å². The maximum absolute atomic E-state index is 13.0. The lowest BCUT2D eigenvalue weighted by Gasteiger charge is -2.28. The van der Waals surface area contributed by atoms with Crippen LogP contribution in [-0.4, -0.2) is 17.1 Å². The number of nitrogens with one attached hydrogen (secondary N) is 1. The largest absolute Gasteiger partial charge is 0.433 e. The topological polar surface area (TPSA) is 50.9 Å². The van der Waals surface area contributed by atoms with Gasteiger partial charge in [0.2, 0.25) is 0 Å². The minimum Gasteiger partial charge on any atom is -0.382 e. The van der Waals surface area contributed by atoms with Gasteiger partial charge in [0.25, 0.3) is 0 Å². The Morgan fingerprint density at radius 1 is 1.18 bits per heavy atom. The second kappa shape index (κ2) is 5.76. The van der Waals surface area contributed by atoms with E-state index in [4.69, 9.17) is 5.73 Å². The quantitative estimate of drug-likeness (QED) is 0.883. The van der Waals surface area contributed by atoms with Crippen LogP contribution in [0.4, 0.5) is 18.9 Å². The maximum Gasteiger partial charge on any atom is 0.433 e. The molecule has 22 heavy (non-hydrogen) atoms. The van der Waals surface area contributed by atoms with E-state index in [9.17, 15) is 13.2 Å². The van der Waals surface area contributed by atoms with E-state index in [-0.39, 0.29) is 12.1 Å². The number of aromatic nitrogens is 1. The Hall–Kier alpha value is -1.82. The first-order valence-corrected chi connectivity index (χ1v) is 7.42. The summed E-state index contributed by atoms with van der Waals surface area (Å²) in [5, 5.41) is 3.95. The van der Waals surface area contributed by atoms with E-state index in [1.54, 1.807) is 24.3 Å². The Morgan fingerprint density at radius 3 is 2.68 bits per heavy atom. The lowest BCUT2D eigenvalue weighted by Crippen LogP contribution is -2.35. The van der Waals surface area contributed by atoms with Crippen molar-refractivity contribution in [1.29, 1.82) is 0 Å². The van der Waals surface area contributed by atoms with Crippen molar-refractivity contribution in [3.05, 3.63) is 36.0 Å². The van der Waals surface area contributed by atoms with Gasteiger partial charge in [0.1, 0.15) is 5.69 Å². The van der Waals surface area contributed by atoms with Crippen molar-refractivity contribution < 1.29 is 13.2 Å². The summed E-state index contributed by atoms with van der Waals surface area (Å²) in [6, 6.07) is 8.19. The predicted octanol–water partition coefficient (Wildman–Crippen LogP) is 3.94. The molecule has 118 valence electrons. The molecule has 1 aliphatic carbocycles. The monoisotopic (exact) mass is 309 g/mol. The average Bonchev–Trinajstić information content (AvgIpc) is 2.46. The van der Waals surface area contributed by atoms with E-state index in [0.717, 1.165) is 31.7 Å². The fourth-order valence-corrected chi connectivity index (χ4v) is 3.02. The molecule has 0 unspecified atom stereocenters. The van der Waals surface area contributed by atoms with Crippen molar-refractivity contribution in [2.75, 3.05) is 5.32 Å². The number of hydrogen-bond acceptors (Lipinski definition) is 3. The summed E-state index contributed by atoms with van der Waals surface area (Å²) in [6.45, 7) is 0. The highest BCUT2D eigenvalue weighted by molar-refractivity contribution is 5.91. The SMILES string of the molecule is N[C@@H]1CCC[C@H](Nc2cc(C(F)(F)F)nc3ccccc23)C1. The zero-order chi connectivity index (χ0) is 15.7. The highest BCUT2D eigenvalue weighted by Gasteiger charge is 2.33. The minimum absolute atomic E-state index is 0.107. The van der Waals surface area contributed by atoms with Crippen LogP contribution < -0.4 is 11.1 Å². The van der Waals surface area contributed by atoms with Crippen LogP contribution in [0.5, 0.6) is 0 Å². The first kappa shape index (κ1) is 15.1. The van der Waals surface area contributed by atoms with E-state index in [2.05, 4.69) is 10.3 Å². The van der Waals surface area contributed by atoms with Crippen molar-refractivity contribution in [2.24, 2.45) is 5.73 Å². The molecule has 0 saturated heterocycles. The molecule has 3 nitrogen and oxygen atoms in total. The highest BCUT2D eigenvalue weighted by Crippen LogP contribution is 2.34. The first-order valence-electron chi connectivity index (χ1n) is 7.42. The molecule has 1 heterocycles. The van der Waals surface area contributed by atoms with Crippen molar-refractivity contribution in [3.63, 3.8) is 0 Å². The van der Waals surface area contributed by atoms with E-state index < -0.39 is 11.9 Å². The third-order valence-electron chi connectivity index (χ3n) is 4.08. The number of alkyl halides is 3. The molecule has 1 saturated carbocycles. The second-order valence-electron chi connectivity index (χ2n) is 5.84. The van der Waals surface area contributed by atoms with Gasteiger partial charge in [-0.25, -0.2) is 4.98 Å². The summed E-state index contributed by atoms with van der Waals surface area (Å²) < 4.78 is 39.1. The maximum atomic E-state index is 13.0. The van der Waals surface area contributed by atoms with Crippen LogP contribution in [0.1, 0.15) is 31.4 Å². The Labute approximate surface area is 126 Å². The first-order chi connectivity index (χ1) is 10.4. The molecule has 2 atom stereocenters. The Morgan fingerprint density at radius 2 is 1.95 bits per heavy atom. The fraction of sp³-hybridized carbons (Fsp3) is 0.438. The van der Waals surface area contributed by atoms with Crippen LogP contribution in [0, 0.1) is 0 Å². The molecule has 0 amide bonds. The Kier molecular flexibility index (Phi) is 3.95. The molecule has 2 aromatic rings. The number of fused-ring (bicyclic) bond motifs is 1. The molecule has 1 aliphatic rings. The van der Waals surface area contributed by atoms with Gasteiger partial charge in [0, 0.05) is 23.2 Å². The van der Waals surface area contributed by atoms with Crippen LogP contribution in [-0.2, 0) is 6.18 Å². The van der Waals surface area contributed by atoms with Crippen LogP contribution in [0.15, 0.2) is 30.3 Å². The van der Waals surface area contributed by atoms with Gasteiger partial charge in [0.05, 0.1) is 5.52 Å². The van der Waals surface area contributed by atoms with Crippen LogP contribution in [0.25, 0.3) is 10.9 Å². The molecule has 3 N–H and O–H groups in total. The third-order valence-corrected chi connectivity index (χ3v) is 4.08. The number of rotatable bonds is 2. The van der Waals surface area contributed by atoms with Crippen molar-refractivity contribution in [3.8, 4) is 0 Å². The van der Waals surface area contributed by atoms with E-state index in [0.29, 0.717) is 16.6 Å². The lowest BCUT2D eigenvalue weighted by molar-refractivity contribution is -0.140. The average molecular weight is 309 g/mol. The molecular weight excluding hydrogens is 291 g/mol. The molecule has 1 aromatic heterocycles. The number of anilines is 1. The van der Waals surface area contributed by atoms with Crippen LogP contribution in [0.2, 0.25) is 0 Å². The summed E-state index contributed by atoms with van der Waals surface area (Å²) in [4.78, 5) is 3.73. The van der Waals surface area contributed by atoms with Crippen molar-refractivity contribution in [2.45, 2.75) is 43.9 Å². The van der Waals surface area contributed by atoms with Gasteiger partial charge in [-0.3, -0.25) is 0 Å². The summed E-state index contributed by atoms with van der Waals surface area (Å²) >= 11 is 0. The Bertz CT molecular complexity index is 669. The summed E-state index contributed by atoms with van der Waals surface area (Å²) in [5.74, 6) is 0. The molecule has 0 spiro atoms. The van der Waals surface area contributed by atoms with Crippen molar-refractivity contribution >= 4 is 16.6 Å². The molecule has 0 radical (unpaired) electrons. The van der Waals surface area contributed by atoms with Gasteiger partial charge in [-0.1, -0.05) is 18.2 Å².